The van der Waals surface area contributed by atoms with Gasteiger partial charge >= 0.3 is 6.09 Å². The third kappa shape index (κ3) is 7.66. The highest BCUT2D eigenvalue weighted by atomic mass is 16.6. The molecule has 0 bridgehead atoms. The van der Waals surface area contributed by atoms with Crippen LogP contribution in [0, 0.1) is 12.5 Å². The zero-order valence-electron chi connectivity index (χ0n) is 18.9. The predicted octanol–water partition coefficient (Wildman–Crippen LogP) is 2.35. The molecule has 0 aliphatic rings. The van der Waals surface area contributed by atoms with E-state index < -0.39 is 42.2 Å². The zero-order valence-corrected chi connectivity index (χ0v) is 18.9. The van der Waals surface area contributed by atoms with Crippen LogP contribution in [0.2, 0.25) is 0 Å². The standard InChI is InChI=1S/C25H29N3O5/c1-5-28(23(31)20(17-29)27-24(32)33-25(2,3)4)21(19-14-10-7-11-15-19)22(30)26-16-18-12-8-6-9-13-18/h1,6-15,20-21,29H,16-17H2,2-4H3,(H,26,30)(H,27,32). The van der Waals surface area contributed by atoms with Crippen molar-refractivity contribution in [3.05, 3.63) is 71.8 Å². The molecule has 8 nitrogen and oxygen atoms in total. The Morgan fingerprint density at radius 1 is 1.06 bits per heavy atom. The first-order chi connectivity index (χ1) is 15.7. The van der Waals surface area contributed by atoms with Crippen molar-refractivity contribution in [3.8, 4) is 12.5 Å². The summed E-state index contributed by atoms with van der Waals surface area (Å²) in [5, 5.41) is 14.8. The SMILES string of the molecule is C#CN(C(=O)C(CO)NC(=O)OC(C)(C)C)C(C(=O)NCc1ccccc1)c1ccccc1. The fourth-order valence-electron chi connectivity index (χ4n) is 3.00. The smallest absolute Gasteiger partial charge is 0.408 e. The lowest BCUT2D eigenvalue weighted by Gasteiger charge is -2.29. The molecule has 174 valence electrons. The number of alkyl carbamates (subject to hydrolysis) is 1. The Morgan fingerprint density at radius 2 is 1.64 bits per heavy atom. The van der Waals surface area contributed by atoms with Gasteiger partial charge in [0.05, 0.1) is 6.61 Å². The van der Waals surface area contributed by atoms with Crippen molar-refractivity contribution in [2.24, 2.45) is 0 Å². The van der Waals surface area contributed by atoms with E-state index >= 15 is 0 Å². The first-order valence-electron chi connectivity index (χ1n) is 10.4. The van der Waals surface area contributed by atoms with Gasteiger partial charge in [-0.3, -0.25) is 14.5 Å². The highest BCUT2D eigenvalue weighted by Gasteiger charge is 2.35. The van der Waals surface area contributed by atoms with Gasteiger partial charge in [0, 0.05) is 12.6 Å². The molecule has 0 heterocycles. The van der Waals surface area contributed by atoms with Crippen molar-refractivity contribution >= 4 is 17.9 Å². The molecule has 0 saturated heterocycles. The maximum atomic E-state index is 13.2. The van der Waals surface area contributed by atoms with Gasteiger partial charge in [-0.2, -0.15) is 0 Å². The van der Waals surface area contributed by atoms with Gasteiger partial charge in [-0.25, -0.2) is 4.79 Å². The monoisotopic (exact) mass is 451 g/mol. The lowest BCUT2D eigenvalue weighted by atomic mass is 10.0. The number of terminal acetylenes is 1. The molecule has 0 radical (unpaired) electrons. The van der Waals surface area contributed by atoms with Crippen molar-refractivity contribution in [2.75, 3.05) is 6.61 Å². The second-order valence-corrected chi connectivity index (χ2v) is 8.24. The number of aliphatic hydroxyl groups is 1. The number of benzene rings is 2. The van der Waals surface area contributed by atoms with Gasteiger partial charge in [0.1, 0.15) is 17.7 Å². The summed E-state index contributed by atoms with van der Waals surface area (Å²) in [4.78, 5) is 39.3. The molecule has 3 amide bonds. The van der Waals surface area contributed by atoms with Gasteiger partial charge in [-0.1, -0.05) is 67.1 Å². The molecule has 2 aromatic rings. The van der Waals surface area contributed by atoms with Crippen LogP contribution in [0.3, 0.4) is 0 Å². The molecular weight excluding hydrogens is 422 g/mol. The quantitative estimate of drug-likeness (QED) is 0.422. The van der Waals surface area contributed by atoms with Crippen LogP contribution < -0.4 is 10.6 Å². The van der Waals surface area contributed by atoms with Crippen LogP contribution in [0.15, 0.2) is 60.7 Å². The fourth-order valence-corrected chi connectivity index (χ4v) is 3.00. The zero-order chi connectivity index (χ0) is 24.4. The molecule has 2 unspecified atom stereocenters. The first kappa shape index (κ1) is 25.4. The van der Waals surface area contributed by atoms with E-state index in [9.17, 15) is 19.5 Å². The summed E-state index contributed by atoms with van der Waals surface area (Å²) < 4.78 is 5.15. The molecule has 0 aliphatic heterocycles. The van der Waals surface area contributed by atoms with Crippen LogP contribution in [0.25, 0.3) is 0 Å². The number of hydrogen-bond donors (Lipinski definition) is 3. The highest BCUT2D eigenvalue weighted by Crippen LogP contribution is 2.22. The normalized spacial score (nSPS) is 12.6. The Hall–Kier alpha value is -3.83. The van der Waals surface area contributed by atoms with E-state index in [1.54, 1.807) is 51.1 Å². The Labute approximate surface area is 193 Å². The van der Waals surface area contributed by atoms with E-state index in [-0.39, 0.29) is 6.54 Å². The molecule has 2 aromatic carbocycles. The number of aliphatic hydroxyl groups excluding tert-OH is 1. The largest absolute Gasteiger partial charge is 0.444 e. The number of nitrogens with zero attached hydrogens (tertiary/aromatic N) is 1. The van der Waals surface area contributed by atoms with Gasteiger partial charge in [-0.05, 0) is 31.9 Å². The Kier molecular flexibility index (Phi) is 9.01. The molecule has 0 saturated carbocycles. The fraction of sp³-hybridized carbons (Fsp3) is 0.320. The molecule has 0 aliphatic carbocycles. The van der Waals surface area contributed by atoms with Gasteiger partial charge in [0.2, 0.25) is 5.91 Å². The van der Waals surface area contributed by atoms with Crippen LogP contribution in [-0.4, -0.2) is 46.2 Å². The molecular formula is C25H29N3O5. The predicted molar refractivity (Wildman–Crippen MR) is 123 cm³/mol. The summed E-state index contributed by atoms with van der Waals surface area (Å²) in [5.74, 6) is -1.33. The average Bonchev–Trinajstić information content (AvgIpc) is 2.79. The highest BCUT2D eigenvalue weighted by molar-refractivity contribution is 5.93. The summed E-state index contributed by atoms with van der Waals surface area (Å²) in [5.41, 5.74) is 0.544. The van der Waals surface area contributed by atoms with E-state index in [4.69, 9.17) is 11.2 Å². The molecule has 0 aromatic heterocycles. The summed E-state index contributed by atoms with van der Waals surface area (Å²) in [6, 6.07) is 17.5. The van der Waals surface area contributed by atoms with E-state index in [1.807, 2.05) is 30.3 Å². The maximum Gasteiger partial charge on any atom is 0.408 e. The van der Waals surface area contributed by atoms with Crippen molar-refractivity contribution in [1.82, 2.24) is 15.5 Å². The summed E-state index contributed by atoms with van der Waals surface area (Å²) >= 11 is 0. The lowest BCUT2D eigenvalue weighted by molar-refractivity contribution is -0.139. The Morgan fingerprint density at radius 3 is 2.15 bits per heavy atom. The van der Waals surface area contributed by atoms with Crippen LogP contribution in [0.1, 0.15) is 37.9 Å². The third-order valence-corrected chi connectivity index (χ3v) is 4.48. The number of rotatable bonds is 8. The number of nitrogens with one attached hydrogen (secondary N) is 2. The average molecular weight is 452 g/mol. The number of hydrogen-bond acceptors (Lipinski definition) is 5. The second kappa shape index (κ2) is 11.7. The second-order valence-electron chi connectivity index (χ2n) is 8.24. The third-order valence-electron chi connectivity index (χ3n) is 4.48. The molecule has 3 N–H and O–H groups in total. The van der Waals surface area contributed by atoms with Gasteiger partial charge in [0.15, 0.2) is 0 Å². The van der Waals surface area contributed by atoms with Crippen molar-refractivity contribution in [2.45, 2.75) is 45.0 Å². The summed E-state index contributed by atoms with van der Waals surface area (Å²) in [6.07, 6.45) is 4.74. The van der Waals surface area contributed by atoms with E-state index in [1.165, 1.54) is 0 Å². The molecule has 2 atom stereocenters. The molecule has 2 rings (SSSR count). The summed E-state index contributed by atoms with van der Waals surface area (Å²) in [7, 11) is 0. The number of amides is 3. The van der Waals surface area contributed by atoms with Crippen molar-refractivity contribution < 1.29 is 24.2 Å². The maximum absolute atomic E-state index is 13.2. The molecule has 0 fully saturated rings. The Balaban J connectivity index is 2.27. The van der Waals surface area contributed by atoms with Crippen LogP contribution in [0.4, 0.5) is 4.79 Å². The van der Waals surface area contributed by atoms with E-state index in [0.29, 0.717) is 5.56 Å². The van der Waals surface area contributed by atoms with Crippen LogP contribution in [-0.2, 0) is 20.9 Å². The van der Waals surface area contributed by atoms with E-state index in [0.717, 1.165) is 10.5 Å². The lowest BCUT2D eigenvalue weighted by Crippen LogP contribution is -2.53. The minimum absolute atomic E-state index is 0.231. The minimum atomic E-state index is -1.40. The number of ether oxygens (including phenoxy) is 1. The van der Waals surface area contributed by atoms with Gasteiger partial charge in [-0.15, -0.1) is 0 Å². The number of carbonyl (C=O) groups excluding carboxylic acids is 3. The Bertz CT molecular complexity index is 981. The van der Waals surface area contributed by atoms with Crippen LogP contribution in [0.5, 0.6) is 0 Å². The molecule has 33 heavy (non-hydrogen) atoms. The van der Waals surface area contributed by atoms with Gasteiger partial charge < -0.3 is 20.5 Å². The molecule has 0 spiro atoms. The van der Waals surface area contributed by atoms with Crippen LogP contribution >= 0.6 is 0 Å². The van der Waals surface area contributed by atoms with Gasteiger partial charge in [0.25, 0.3) is 5.91 Å². The van der Waals surface area contributed by atoms with E-state index in [2.05, 4.69) is 16.7 Å². The van der Waals surface area contributed by atoms with Crippen molar-refractivity contribution in [1.29, 1.82) is 0 Å². The topological polar surface area (TPSA) is 108 Å². The first-order valence-corrected chi connectivity index (χ1v) is 10.4. The minimum Gasteiger partial charge on any atom is -0.444 e. The number of carbonyl (C=O) groups is 3. The summed E-state index contributed by atoms with van der Waals surface area (Å²) in [6.45, 7) is 4.49. The van der Waals surface area contributed by atoms with Crippen molar-refractivity contribution in [3.63, 3.8) is 0 Å². The molecule has 8 heteroatoms.